The molecule has 0 bridgehead atoms. The molecule has 3 N–H and O–H groups in total. The summed E-state index contributed by atoms with van der Waals surface area (Å²) >= 11 is 0. The van der Waals surface area contributed by atoms with E-state index in [9.17, 15) is 4.39 Å². The zero-order valence-corrected chi connectivity index (χ0v) is 11.1. The van der Waals surface area contributed by atoms with Gasteiger partial charge in [0.2, 0.25) is 5.95 Å². The number of anilines is 3. The molecule has 0 amide bonds. The number of aromatic nitrogens is 2. The van der Waals surface area contributed by atoms with Crippen LogP contribution >= 0.6 is 0 Å². The van der Waals surface area contributed by atoms with Crippen molar-refractivity contribution in [3.63, 3.8) is 0 Å². The van der Waals surface area contributed by atoms with E-state index in [1.165, 1.54) is 6.07 Å². The average Bonchev–Trinajstić information content (AvgIpc) is 2.38. The predicted molar refractivity (Wildman–Crippen MR) is 75.7 cm³/mol. The van der Waals surface area contributed by atoms with E-state index in [2.05, 4.69) is 15.3 Å². The first-order valence-electron chi connectivity index (χ1n) is 5.81. The van der Waals surface area contributed by atoms with Crippen LogP contribution in [0.3, 0.4) is 0 Å². The first kappa shape index (κ1) is 13.1. The average molecular weight is 261 g/mol. The fraction of sp³-hybridized carbons (Fsp3) is 0.231. The first-order valence-corrected chi connectivity index (χ1v) is 5.81. The summed E-state index contributed by atoms with van der Waals surface area (Å²) in [6.45, 7) is 0. The highest BCUT2D eigenvalue weighted by atomic mass is 19.1. The molecular weight excluding hydrogens is 245 g/mol. The van der Waals surface area contributed by atoms with Crippen molar-refractivity contribution in [1.29, 1.82) is 0 Å². The van der Waals surface area contributed by atoms with Gasteiger partial charge in [0.1, 0.15) is 11.6 Å². The molecular formula is C13H16FN5. The third-order valence-corrected chi connectivity index (χ3v) is 2.74. The second kappa shape index (κ2) is 5.09. The number of rotatable bonds is 3. The molecule has 1 heterocycles. The van der Waals surface area contributed by atoms with Crippen molar-refractivity contribution in [3.05, 3.63) is 30.1 Å². The van der Waals surface area contributed by atoms with Gasteiger partial charge in [0.15, 0.2) is 0 Å². The second-order valence-corrected chi connectivity index (χ2v) is 4.31. The highest BCUT2D eigenvalue weighted by Gasteiger charge is 2.11. The first-order chi connectivity index (χ1) is 9.01. The van der Waals surface area contributed by atoms with Crippen LogP contribution in [0.5, 0.6) is 0 Å². The highest BCUT2D eigenvalue weighted by Crippen LogP contribution is 2.27. The van der Waals surface area contributed by atoms with E-state index in [-0.39, 0.29) is 11.8 Å². The van der Waals surface area contributed by atoms with E-state index in [1.807, 2.05) is 19.0 Å². The quantitative estimate of drug-likeness (QED) is 0.884. The maximum absolute atomic E-state index is 13.9. The summed E-state index contributed by atoms with van der Waals surface area (Å²) in [7, 11) is 5.51. The maximum Gasteiger partial charge on any atom is 0.222 e. The van der Waals surface area contributed by atoms with E-state index in [0.29, 0.717) is 17.1 Å². The molecule has 0 fully saturated rings. The lowest BCUT2D eigenvalue weighted by molar-refractivity contribution is 0.630. The van der Waals surface area contributed by atoms with Crippen molar-refractivity contribution in [1.82, 2.24) is 9.97 Å². The van der Waals surface area contributed by atoms with Crippen molar-refractivity contribution in [3.8, 4) is 11.3 Å². The molecule has 0 unspecified atom stereocenters. The van der Waals surface area contributed by atoms with Crippen molar-refractivity contribution in [2.24, 2.45) is 0 Å². The van der Waals surface area contributed by atoms with Gasteiger partial charge in [-0.05, 0) is 18.2 Å². The molecule has 1 aromatic heterocycles. The Labute approximate surface area is 111 Å². The normalized spacial score (nSPS) is 10.3. The second-order valence-electron chi connectivity index (χ2n) is 4.31. The summed E-state index contributed by atoms with van der Waals surface area (Å²) in [5.74, 6) is 0.319. The lowest BCUT2D eigenvalue weighted by atomic mass is 10.1. The van der Waals surface area contributed by atoms with Gasteiger partial charge < -0.3 is 16.0 Å². The minimum absolute atomic E-state index is 0.108. The van der Waals surface area contributed by atoms with Gasteiger partial charge in [-0.25, -0.2) is 9.37 Å². The Hall–Kier alpha value is -2.37. The van der Waals surface area contributed by atoms with Crippen LogP contribution in [0.2, 0.25) is 0 Å². The maximum atomic E-state index is 13.9. The molecule has 0 aliphatic carbocycles. The van der Waals surface area contributed by atoms with Crippen molar-refractivity contribution < 1.29 is 4.39 Å². The van der Waals surface area contributed by atoms with Gasteiger partial charge in [0.05, 0.1) is 5.69 Å². The van der Waals surface area contributed by atoms with E-state index in [1.54, 1.807) is 25.2 Å². The van der Waals surface area contributed by atoms with E-state index < -0.39 is 0 Å². The molecule has 5 nitrogen and oxygen atoms in total. The molecule has 0 aliphatic heterocycles. The number of halogens is 1. The molecule has 0 saturated carbocycles. The number of benzene rings is 1. The number of nitrogens with zero attached hydrogens (tertiary/aromatic N) is 3. The molecule has 6 heteroatoms. The topological polar surface area (TPSA) is 67.1 Å². The Bertz CT molecular complexity index is 598. The van der Waals surface area contributed by atoms with E-state index in [4.69, 9.17) is 5.73 Å². The Balaban J connectivity index is 2.57. The van der Waals surface area contributed by atoms with E-state index in [0.717, 1.165) is 5.69 Å². The zero-order chi connectivity index (χ0) is 14.0. The molecule has 0 radical (unpaired) electrons. The SMILES string of the molecule is CNc1cc(-c2cc(N(C)C)ccc2F)nc(N)n1. The fourth-order valence-corrected chi connectivity index (χ4v) is 1.72. The summed E-state index contributed by atoms with van der Waals surface area (Å²) in [4.78, 5) is 9.96. The molecule has 2 rings (SSSR count). The summed E-state index contributed by atoms with van der Waals surface area (Å²) in [6.07, 6.45) is 0. The smallest absolute Gasteiger partial charge is 0.222 e. The van der Waals surface area contributed by atoms with Gasteiger partial charge in [0, 0.05) is 38.5 Å². The molecule has 19 heavy (non-hydrogen) atoms. The van der Waals surface area contributed by atoms with Crippen LogP contribution in [-0.2, 0) is 0 Å². The summed E-state index contributed by atoms with van der Waals surface area (Å²) in [5, 5.41) is 2.87. The lowest BCUT2D eigenvalue weighted by Gasteiger charge is -2.14. The molecule has 0 spiro atoms. The lowest BCUT2D eigenvalue weighted by Crippen LogP contribution is -2.09. The molecule has 0 aliphatic rings. The van der Waals surface area contributed by atoms with Crippen LogP contribution in [0.1, 0.15) is 0 Å². The predicted octanol–water partition coefficient (Wildman–Crippen LogP) is 1.97. The molecule has 0 atom stereocenters. The van der Waals surface area contributed by atoms with Crippen LogP contribution < -0.4 is 16.0 Å². The Morgan fingerprint density at radius 3 is 2.58 bits per heavy atom. The van der Waals surface area contributed by atoms with Crippen LogP contribution in [0.15, 0.2) is 24.3 Å². The number of hydrogen-bond donors (Lipinski definition) is 2. The zero-order valence-electron chi connectivity index (χ0n) is 11.1. The number of nitrogen functional groups attached to an aromatic ring is 1. The highest BCUT2D eigenvalue weighted by molar-refractivity contribution is 5.69. The van der Waals surface area contributed by atoms with Gasteiger partial charge in [-0.3, -0.25) is 0 Å². The Morgan fingerprint density at radius 2 is 1.95 bits per heavy atom. The molecule has 100 valence electrons. The molecule has 2 aromatic rings. The minimum Gasteiger partial charge on any atom is -0.378 e. The van der Waals surface area contributed by atoms with Crippen LogP contribution in [0, 0.1) is 5.82 Å². The van der Waals surface area contributed by atoms with Crippen molar-refractivity contribution in [2.75, 3.05) is 37.1 Å². The summed E-state index contributed by atoms with van der Waals surface area (Å²) < 4.78 is 13.9. The number of nitrogens with two attached hydrogens (primary N) is 1. The van der Waals surface area contributed by atoms with Gasteiger partial charge >= 0.3 is 0 Å². The van der Waals surface area contributed by atoms with Gasteiger partial charge in [-0.1, -0.05) is 0 Å². The molecule has 1 aromatic carbocycles. The van der Waals surface area contributed by atoms with Gasteiger partial charge in [-0.2, -0.15) is 4.98 Å². The minimum atomic E-state index is -0.342. The standard InChI is InChI=1S/C13H16FN5/c1-16-12-7-11(17-13(15)18-12)9-6-8(19(2)3)4-5-10(9)14/h4-7H,1-3H3,(H3,15,16,17,18). The number of nitrogens with one attached hydrogen (secondary N) is 1. The van der Waals surface area contributed by atoms with E-state index >= 15 is 0 Å². The summed E-state index contributed by atoms with van der Waals surface area (Å²) in [6, 6.07) is 6.52. The van der Waals surface area contributed by atoms with Crippen molar-refractivity contribution in [2.45, 2.75) is 0 Å². The van der Waals surface area contributed by atoms with Crippen molar-refractivity contribution >= 4 is 17.5 Å². The van der Waals surface area contributed by atoms with Gasteiger partial charge in [0.25, 0.3) is 0 Å². The monoisotopic (exact) mass is 261 g/mol. The fourth-order valence-electron chi connectivity index (χ4n) is 1.72. The van der Waals surface area contributed by atoms with Crippen LogP contribution in [0.4, 0.5) is 21.8 Å². The Kier molecular flexibility index (Phi) is 3.50. The third kappa shape index (κ3) is 2.73. The van der Waals surface area contributed by atoms with Gasteiger partial charge in [-0.15, -0.1) is 0 Å². The van der Waals surface area contributed by atoms with Crippen LogP contribution in [-0.4, -0.2) is 31.1 Å². The Morgan fingerprint density at radius 1 is 1.21 bits per heavy atom. The molecule has 0 saturated heterocycles. The number of hydrogen-bond acceptors (Lipinski definition) is 5. The summed E-state index contributed by atoms with van der Waals surface area (Å²) in [5.41, 5.74) is 7.37. The third-order valence-electron chi connectivity index (χ3n) is 2.74. The van der Waals surface area contributed by atoms with Crippen LogP contribution in [0.25, 0.3) is 11.3 Å². The largest absolute Gasteiger partial charge is 0.378 e.